The molecule has 2 unspecified atom stereocenters. The van der Waals surface area contributed by atoms with Crippen LogP contribution in [0.1, 0.15) is 40.0 Å². The van der Waals surface area contributed by atoms with Gasteiger partial charge in [0.2, 0.25) is 5.91 Å². The number of nitrogens with zero attached hydrogens (tertiary/aromatic N) is 1. The average Bonchev–Trinajstić information content (AvgIpc) is 2.36. The molecule has 1 rings (SSSR count). The molecular weight excluding hydrogens is 256 g/mol. The fourth-order valence-electron chi connectivity index (χ4n) is 2.72. The summed E-state index contributed by atoms with van der Waals surface area (Å²) in [7, 11) is 0. The highest BCUT2D eigenvalue weighted by Crippen LogP contribution is 2.25. The minimum atomic E-state index is -0.732. The number of likely N-dealkylation sites (tertiary alicyclic amines) is 1. The third kappa shape index (κ3) is 6.37. The maximum Gasteiger partial charge on any atom is 0.303 e. The van der Waals surface area contributed by atoms with Gasteiger partial charge in [-0.3, -0.25) is 14.5 Å². The Labute approximate surface area is 121 Å². The molecule has 0 spiro atoms. The zero-order valence-electron chi connectivity index (χ0n) is 12.9. The second kappa shape index (κ2) is 8.25. The summed E-state index contributed by atoms with van der Waals surface area (Å²) in [6, 6.07) is 0. The lowest BCUT2D eigenvalue weighted by molar-refractivity contribution is -0.138. The van der Waals surface area contributed by atoms with Gasteiger partial charge in [0, 0.05) is 19.5 Å². The van der Waals surface area contributed by atoms with Crippen LogP contribution in [0.5, 0.6) is 0 Å². The first kappa shape index (κ1) is 17.0. The van der Waals surface area contributed by atoms with Crippen molar-refractivity contribution in [3.63, 3.8) is 0 Å². The molecule has 0 aliphatic carbocycles. The SMILES string of the molecule is CC(C)CNC(=O)CN1CCCC(C(C)CC(=O)O)C1. The van der Waals surface area contributed by atoms with E-state index in [1.54, 1.807) is 0 Å². The zero-order chi connectivity index (χ0) is 15.1. The molecule has 1 amide bonds. The standard InChI is InChI=1S/C15H28N2O3/c1-11(2)8-16-14(18)10-17-6-4-5-13(9-17)12(3)7-15(19)20/h11-13H,4-10H2,1-3H3,(H,16,18)(H,19,20). The molecular formula is C15H28N2O3. The van der Waals surface area contributed by atoms with E-state index in [2.05, 4.69) is 24.1 Å². The van der Waals surface area contributed by atoms with E-state index in [4.69, 9.17) is 5.11 Å². The molecule has 0 bridgehead atoms. The number of aliphatic carboxylic acids is 1. The molecule has 1 aliphatic rings. The van der Waals surface area contributed by atoms with Gasteiger partial charge in [-0.1, -0.05) is 20.8 Å². The molecule has 1 aliphatic heterocycles. The Balaban J connectivity index is 2.36. The van der Waals surface area contributed by atoms with Crippen molar-refractivity contribution in [2.45, 2.75) is 40.0 Å². The second-order valence-corrected chi connectivity index (χ2v) is 6.41. The first-order chi connectivity index (χ1) is 9.38. The molecule has 0 aromatic heterocycles. The van der Waals surface area contributed by atoms with Gasteiger partial charge in [0.25, 0.3) is 0 Å². The van der Waals surface area contributed by atoms with Crippen LogP contribution in [0.2, 0.25) is 0 Å². The minimum Gasteiger partial charge on any atom is -0.481 e. The fraction of sp³-hybridized carbons (Fsp3) is 0.867. The second-order valence-electron chi connectivity index (χ2n) is 6.41. The predicted octanol–water partition coefficient (Wildman–Crippen LogP) is 1.58. The number of hydrogen-bond acceptors (Lipinski definition) is 3. The Morgan fingerprint density at radius 1 is 1.35 bits per heavy atom. The van der Waals surface area contributed by atoms with E-state index < -0.39 is 5.97 Å². The number of rotatable bonds is 7. The number of amides is 1. The van der Waals surface area contributed by atoms with E-state index in [0.717, 1.165) is 25.9 Å². The van der Waals surface area contributed by atoms with Crippen LogP contribution in [0.3, 0.4) is 0 Å². The predicted molar refractivity (Wildman–Crippen MR) is 78.4 cm³/mol. The molecule has 2 atom stereocenters. The van der Waals surface area contributed by atoms with Crippen molar-refractivity contribution in [3.05, 3.63) is 0 Å². The number of carbonyl (C=O) groups is 2. The van der Waals surface area contributed by atoms with Crippen molar-refractivity contribution in [1.82, 2.24) is 10.2 Å². The van der Waals surface area contributed by atoms with Gasteiger partial charge in [-0.15, -0.1) is 0 Å². The molecule has 5 heteroatoms. The van der Waals surface area contributed by atoms with E-state index >= 15 is 0 Å². The Kier molecular flexibility index (Phi) is 6.99. The van der Waals surface area contributed by atoms with Crippen molar-refractivity contribution >= 4 is 11.9 Å². The summed E-state index contributed by atoms with van der Waals surface area (Å²) in [6.45, 7) is 9.07. The summed E-state index contributed by atoms with van der Waals surface area (Å²) >= 11 is 0. The molecule has 0 aromatic rings. The van der Waals surface area contributed by atoms with Crippen LogP contribution < -0.4 is 5.32 Å². The summed E-state index contributed by atoms with van der Waals surface area (Å²) in [4.78, 5) is 24.8. The average molecular weight is 284 g/mol. The molecule has 1 heterocycles. The quantitative estimate of drug-likeness (QED) is 0.745. The van der Waals surface area contributed by atoms with Crippen molar-refractivity contribution in [1.29, 1.82) is 0 Å². The highest BCUT2D eigenvalue weighted by molar-refractivity contribution is 5.78. The highest BCUT2D eigenvalue weighted by atomic mass is 16.4. The van der Waals surface area contributed by atoms with E-state index in [1.807, 2.05) is 6.92 Å². The molecule has 1 saturated heterocycles. The third-order valence-electron chi connectivity index (χ3n) is 3.92. The Bertz CT molecular complexity index is 331. The maximum absolute atomic E-state index is 11.8. The van der Waals surface area contributed by atoms with E-state index in [0.29, 0.717) is 24.9 Å². The van der Waals surface area contributed by atoms with Crippen molar-refractivity contribution in [2.75, 3.05) is 26.2 Å². The first-order valence-electron chi connectivity index (χ1n) is 7.59. The normalized spacial score (nSPS) is 21.7. The number of hydrogen-bond donors (Lipinski definition) is 2. The summed E-state index contributed by atoms with van der Waals surface area (Å²) in [6.07, 6.45) is 2.34. The minimum absolute atomic E-state index is 0.0743. The van der Waals surface area contributed by atoms with E-state index in [9.17, 15) is 9.59 Å². The van der Waals surface area contributed by atoms with Crippen LogP contribution in [-0.2, 0) is 9.59 Å². The van der Waals surface area contributed by atoms with Gasteiger partial charge in [0.15, 0.2) is 0 Å². The summed E-state index contributed by atoms with van der Waals surface area (Å²) < 4.78 is 0. The van der Waals surface area contributed by atoms with Gasteiger partial charge < -0.3 is 10.4 Å². The van der Waals surface area contributed by atoms with Crippen LogP contribution in [0, 0.1) is 17.8 Å². The largest absolute Gasteiger partial charge is 0.481 e. The van der Waals surface area contributed by atoms with Crippen molar-refractivity contribution in [2.24, 2.45) is 17.8 Å². The van der Waals surface area contributed by atoms with Gasteiger partial charge in [-0.05, 0) is 37.1 Å². The lowest BCUT2D eigenvalue weighted by atomic mass is 9.84. The summed E-state index contributed by atoms with van der Waals surface area (Å²) in [5, 5.41) is 11.8. The monoisotopic (exact) mass is 284 g/mol. The number of nitrogens with one attached hydrogen (secondary N) is 1. The fourth-order valence-corrected chi connectivity index (χ4v) is 2.72. The van der Waals surface area contributed by atoms with Gasteiger partial charge in [-0.2, -0.15) is 0 Å². The highest BCUT2D eigenvalue weighted by Gasteiger charge is 2.26. The van der Waals surface area contributed by atoms with Crippen molar-refractivity contribution in [3.8, 4) is 0 Å². The maximum atomic E-state index is 11.8. The Morgan fingerprint density at radius 2 is 2.05 bits per heavy atom. The smallest absolute Gasteiger partial charge is 0.303 e. The van der Waals surface area contributed by atoms with Crippen molar-refractivity contribution < 1.29 is 14.7 Å². The van der Waals surface area contributed by atoms with E-state index in [1.165, 1.54) is 0 Å². The van der Waals surface area contributed by atoms with Crippen LogP contribution in [0.4, 0.5) is 0 Å². The Hall–Kier alpha value is -1.10. The lowest BCUT2D eigenvalue weighted by Crippen LogP contribution is -2.44. The zero-order valence-corrected chi connectivity index (χ0v) is 12.9. The number of carbonyl (C=O) groups excluding carboxylic acids is 1. The van der Waals surface area contributed by atoms with E-state index in [-0.39, 0.29) is 18.2 Å². The molecule has 5 nitrogen and oxygen atoms in total. The summed E-state index contributed by atoms with van der Waals surface area (Å²) in [5.74, 6) is 0.366. The molecule has 1 fully saturated rings. The third-order valence-corrected chi connectivity index (χ3v) is 3.92. The summed E-state index contributed by atoms with van der Waals surface area (Å²) in [5.41, 5.74) is 0. The van der Waals surface area contributed by atoms with Crippen LogP contribution >= 0.6 is 0 Å². The molecule has 0 radical (unpaired) electrons. The molecule has 2 N–H and O–H groups in total. The molecule has 20 heavy (non-hydrogen) atoms. The lowest BCUT2D eigenvalue weighted by Gasteiger charge is -2.35. The Morgan fingerprint density at radius 3 is 2.65 bits per heavy atom. The van der Waals surface area contributed by atoms with Gasteiger partial charge in [0.05, 0.1) is 6.54 Å². The molecule has 116 valence electrons. The van der Waals surface area contributed by atoms with Crippen LogP contribution in [0.25, 0.3) is 0 Å². The number of carboxylic acid groups (broad SMARTS) is 1. The first-order valence-corrected chi connectivity index (χ1v) is 7.59. The van der Waals surface area contributed by atoms with Gasteiger partial charge in [-0.25, -0.2) is 0 Å². The van der Waals surface area contributed by atoms with Crippen LogP contribution in [-0.4, -0.2) is 48.1 Å². The topological polar surface area (TPSA) is 69.6 Å². The number of carboxylic acids is 1. The number of piperidine rings is 1. The molecule has 0 aromatic carbocycles. The van der Waals surface area contributed by atoms with Gasteiger partial charge >= 0.3 is 5.97 Å². The van der Waals surface area contributed by atoms with Crippen LogP contribution in [0.15, 0.2) is 0 Å². The molecule has 0 saturated carbocycles. The van der Waals surface area contributed by atoms with Gasteiger partial charge in [0.1, 0.15) is 0 Å².